The van der Waals surface area contributed by atoms with Crippen molar-refractivity contribution in [3.05, 3.63) is 39.2 Å². The first kappa shape index (κ1) is 15.3. The number of nitrogens with zero attached hydrogens (tertiary/aromatic N) is 2. The highest BCUT2D eigenvalue weighted by Gasteiger charge is 2.20. The average Bonchev–Trinajstić information content (AvgIpc) is 2.11. The molecule has 0 atom stereocenters. The molecule has 0 aliphatic rings. The number of rotatable bonds is 1. The molecule has 96 valence electrons. The van der Waals surface area contributed by atoms with E-state index in [1.165, 1.54) is 6.20 Å². The highest BCUT2D eigenvalue weighted by Crippen LogP contribution is 2.07. The van der Waals surface area contributed by atoms with E-state index in [1.54, 1.807) is 13.0 Å². The van der Waals surface area contributed by atoms with Crippen LogP contribution in [0.25, 0.3) is 0 Å². The van der Waals surface area contributed by atoms with E-state index >= 15 is 0 Å². The summed E-state index contributed by atoms with van der Waals surface area (Å²) in [5.74, 6) is 0. The minimum atomic E-state index is -6.00. The summed E-state index contributed by atoms with van der Waals surface area (Å²) in [6.07, 6.45) is 1.47. The smallest absolute Gasteiger partial charge is 0.418 e. The second kappa shape index (κ2) is 5.60. The Hall–Kier alpha value is -1.67. The lowest BCUT2D eigenvalue weighted by molar-refractivity contribution is -1.19. The molecule has 1 aromatic rings. The molecule has 1 aromatic heterocycles. The second-order valence-electron chi connectivity index (χ2n) is 3.29. The molecule has 0 fully saturated rings. The molecule has 0 aromatic carbocycles. The number of pyridine rings is 1. The van der Waals surface area contributed by atoms with Crippen molar-refractivity contribution in [2.24, 2.45) is 0 Å². The van der Waals surface area contributed by atoms with Gasteiger partial charge in [0.15, 0.2) is 0 Å². The van der Waals surface area contributed by atoms with E-state index in [0.29, 0.717) is 5.69 Å². The predicted octanol–water partition coefficient (Wildman–Crippen LogP) is 2.24. The third-order valence-corrected chi connectivity index (χ3v) is 2.12. The molecule has 1 rings (SSSR count). The number of aromatic nitrogens is 1. The van der Waals surface area contributed by atoms with Gasteiger partial charge in [0.2, 0.25) is 6.20 Å². The third-order valence-electron chi connectivity index (χ3n) is 2.12. The highest BCUT2D eigenvalue weighted by atomic mass is 19.5. The Labute approximate surface area is 95.1 Å². The number of hydrogen-bond acceptors (Lipinski definition) is 2. The van der Waals surface area contributed by atoms with Crippen molar-refractivity contribution in [3.63, 3.8) is 0 Å². The summed E-state index contributed by atoms with van der Waals surface area (Å²) in [6.45, 7) is 5.56. The number of aryl methyl sites for hydroxylation is 1. The van der Waals surface area contributed by atoms with Crippen LogP contribution >= 0.6 is 0 Å². The van der Waals surface area contributed by atoms with Crippen LogP contribution in [0.1, 0.15) is 16.8 Å². The minimum absolute atomic E-state index is 0.429. The van der Waals surface area contributed by atoms with Crippen LogP contribution in [0.3, 0.4) is 0 Å². The SMILES string of the molecule is Cc1cc[n+]([N+](=O)[O-])c(C)c1C.F[B-](F)(F)F. The van der Waals surface area contributed by atoms with Crippen LogP contribution in [0.4, 0.5) is 17.3 Å². The molecular weight excluding hydrogens is 243 g/mol. The van der Waals surface area contributed by atoms with Crippen molar-refractivity contribution in [3.8, 4) is 0 Å². The Bertz CT molecular complexity index is 417. The van der Waals surface area contributed by atoms with Gasteiger partial charge in [0, 0.05) is 18.6 Å². The molecule has 9 heteroatoms. The van der Waals surface area contributed by atoms with Crippen LogP contribution in [0, 0.1) is 30.9 Å². The van der Waals surface area contributed by atoms with Gasteiger partial charge in [-0.3, -0.25) is 0 Å². The van der Waals surface area contributed by atoms with Gasteiger partial charge in [0.1, 0.15) is 4.68 Å². The Balaban J connectivity index is 0.000000437. The van der Waals surface area contributed by atoms with Crippen molar-refractivity contribution >= 4 is 7.25 Å². The molecule has 1 heterocycles. The quantitative estimate of drug-likeness (QED) is 0.253. The molecule has 0 aliphatic heterocycles. The first-order valence-electron chi connectivity index (χ1n) is 4.54. The topological polar surface area (TPSA) is 47.0 Å². The summed E-state index contributed by atoms with van der Waals surface area (Å²) in [5.41, 5.74) is 2.72. The average molecular weight is 254 g/mol. The van der Waals surface area contributed by atoms with Gasteiger partial charge in [-0.1, -0.05) is 0 Å². The largest absolute Gasteiger partial charge is 0.673 e. The molecule has 0 bridgehead atoms. The summed E-state index contributed by atoms with van der Waals surface area (Å²) in [7, 11) is -6.00. The van der Waals surface area contributed by atoms with Crippen LogP contribution in [-0.2, 0) is 0 Å². The molecule has 4 nitrogen and oxygen atoms in total. The molecule has 0 N–H and O–H groups in total. The fraction of sp³-hybridized carbons (Fsp3) is 0.375. The van der Waals surface area contributed by atoms with E-state index in [-0.39, 0.29) is 0 Å². The van der Waals surface area contributed by atoms with Crippen LogP contribution in [0.5, 0.6) is 0 Å². The summed E-state index contributed by atoms with van der Waals surface area (Å²) < 4.78 is 40.0. The van der Waals surface area contributed by atoms with E-state index in [1.807, 2.05) is 13.8 Å². The van der Waals surface area contributed by atoms with E-state index < -0.39 is 12.3 Å². The van der Waals surface area contributed by atoms with Crippen molar-refractivity contribution < 1.29 is 27.0 Å². The Morgan fingerprint density at radius 1 is 1.24 bits per heavy atom. The highest BCUT2D eigenvalue weighted by molar-refractivity contribution is 6.50. The zero-order valence-corrected chi connectivity index (χ0v) is 9.45. The minimum Gasteiger partial charge on any atom is -0.418 e. The van der Waals surface area contributed by atoms with Gasteiger partial charge in [-0.2, -0.15) is 10.1 Å². The zero-order chi connectivity index (χ0) is 13.8. The first-order valence-corrected chi connectivity index (χ1v) is 4.54. The van der Waals surface area contributed by atoms with E-state index in [2.05, 4.69) is 0 Å². The molecule has 0 spiro atoms. The van der Waals surface area contributed by atoms with Gasteiger partial charge in [0.05, 0.1) is 0 Å². The summed E-state index contributed by atoms with van der Waals surface area (Å²) in [6, 6.07) is 1.74. The van der Waals surface area contributed by atoms with Crippen molar-refractivity contribution in [1.82, 2.24) is 0 Å². The lowest BCUT2D eigenvalue weighted by atomic mass is 10.1. The molecule has 17 heavy (non-hydrogen) atoms. The monoisotopic (exact) mass is 254 g/mol. The number of hydrogen-bond donors (Lipinski definition) is 0. The maximum atomic E-state index is 10.5. The van der Waals surface area contributed by atoms with Gasteiger partial charge >= 0.3 is 12.3 Å². The predicted molar refractivity (Wildman–Crippen MR) is 53.4 cm³/mol. The van der Waals surface area contributed by atoms with Crippen LogP contribution < -0.4 is 4.68 Å². The third kappa shape index (κ3) is 5.83. The Kier molecular flexibility index (Phi) is 5.05. The number of halogens is 4. The fourth-order valence-corrected chi connectivity index (χ4v) is 1.05. The standard InChI is InChI=1S/C8H11N2O2.BF4/c1-6-4-5-9(10(11)12)8(3)7(6)2;2-1(3,4)5/h4-5H,1-3H3;/q+1;-1. The molecule has 0 radical (unpaired) electrons. The van der Waals surface area contributed by atoms with Gasteiger partial charge in [-0.15, -0.1) is 0 Å². The molecule has 0 saturated heterocycles. The van der Waals surface area contributed by atoms with E-state index in [0.717, 1.165) is 15.8 Å². The maximum absolute atomic E-state index is 10.5. The number of nitro groups is 1. The van der Waals surface area contributed by atoms with Gasteiger partial charge in [-0.25, -0.2) is 0 Å². The van der Waals surface area contributed by atoms with Crippen LogP contribution in [0.15, 0.2) is 12.3 Å². The van der Waals surface area contributed by atoms with Gasteiger partial charge < -0.3 is 17.3 Å². The van der Waals surface area contributed by atoms with Crippen LogP contribution in [-0.4, -0.2) is 12.3 Å². The van der Waals surface area contributed by atoms with E-state index in [4.69, 9.17) is 0 Å². The lowest BCUT2D eigenvalue weighted by Crippen LogP contribution is -2.45. The van der Waals surface area contributed by atoms with E-state index in [9.17, 15) is 27.4 Å². The Morgan fingerprint density at radius 2 is 1.65 bits per heavy atom. The Morgan fingerprint density at radius 3 is 2.00 bits per heavy atom. The fourth-order valence-electron chi connectivity index (χ4n) is 1.05. The summed E-state index contributed by atoms with van der Waals surface area (Å²) in [4.78, 5) is 10.5. The van der Waals surface area contributed by atoms with Crippen molar-refractivity contribution in [1.29, 1.82) is 0 Å². The maximum Gasteiger partial charge on any atom is 0.673 e. The van der Waals surface area contributed by atoms with Gasteiger partial charge in [-0.05, 0) is 19.4 Å². The summed E-state index contributed by atoms with van der Waals surface area (Å²) >= 11 is 0. The van der Waals surface area contributed by atoms with Crippen molar-refractivity contribution in [2.75, 3.05) is 0 Å². The first-order chi connectivity index (χ1) is 7.54. The molecule has 0 aliphatic carbocycles. The van der Waals surface area contributed by atoms with Gasteiger partial charge in [0.25, 0.3) is 5.69 Å². The molecule has 0 saturated carbocycles. The van der Waals surface area contributed by atoms with Crippen molar-refractivity contribution in [2.45, 2.75) is 20.8 Å². The lowest BCUT2D eigenvalue weighted by Gasteiger charge is -1.96. The molecule has 0 unspecified atom stereocenters. The summed E-state index contributed by atoms with van der Waals surface area (Å²) in [5, 5.41) is 10.0. The van der Waals surface area contributed by atoms with Crippen LogP contribution in [0.2, 0.25) is 0 Å². The molecule has 0 amide bonds. The molecular formula is C8H11BF4N2O2. The zero-order valence-electron chi connectivity index (χ0n) is 9.45. The second-order valence-corrected chi connectivity index (χ2v) is 3.29. The normalized spacial score (nSPS) is 10.5.